The third-order valence-electron chi connectivity index (χ3n) is 9.83. The van der Waals surface area contributed by atoms with Crippen LogP contribution in [0.4, 0.5) is 4.79 Å². The zero-order valence-electron chi connectivity index (χ0n) is 37.6. The van der Waals surface area contributed by atoms with Crippen molar-refractivity contribution >= 4 is 54.0 Å². The molecule has 0 bridgehead atoms. The second kappa shape index (κ2) is 35.1. The van der Waals surface area contributed by atoms with Crippen LogP contribution >= 0.6 is 0 Å². The molecule has 23 nitrogen and oxygen atoms in total. The van der Waals surface area contributed by atoms with Crippen molar-refractivity contribution in [1.82, 2.24) is 31.1 Å². The van der Waals surface area contributed by atoms with Crippen LogP contribution in [0.2, 0.25) is 0 Å². The number of aliphatic carboxylic acids is 4. The first-order chi connectivity index (χ1) is 31.8. The molecule has 0 aliphatic heterocycles. The number of likely N-dealkylation sites (N-methyl/N-ethyl adjacent to an activating group) is 1. The molecule has 10 N–H and O–H groups in total. The molecule has 2 rings (SSSR count). The summed E-state index contributed by atoms with van der Waals surface area (Å²) in [7, 11) is 1.89. The summed E-state index contributed by atoms with van der Waals surface area (Å²) in [5, 5.41) is 67.6. The number of nitrogens with zero attached hydrogens (tertiary/aromatic N) is 2. The Morgan fingerprint density at radius 2 is 1.12 bits per heavy atom. The Hall–Kier alpha value is -7.19. The van der Waals surface area contributed by atoms with Gasteiger partial charge in [-0.2, -0.15) is 19.2 Å². The number of benzene rings is 2. The molecule has 0 spiro atoms. The zero-order valence-corrected chi connectivity index (χ0v) is 37.6. The zero-order chi connectivity index (χ0) is 50.7. The molecule has 0 aliphatic rings. The number of phenols is 2. The maximum Gasteiger partial charge on any atom is 0.373 e. The lowest BCUT2D eigenvalue weighted by atomic mass is 10.0. The molecule has 0 radical (unpaired) electrons. The van der Waals surface area contributed by atoms with Gasteiger partial charge in [-0.25, -0.2) is 14.4 Å². The van der Waals surface area contributed by atoms with E-state index in [0.717, 1.165) is 23.1 Å². The number of carboxylic acids is 4. The van der Waals surface area contributed by atoms with Gasteiger partial charge in [-0.05, 0) is 81.7 Å². The van der Waals surface area contributed by atoms with E-state index in [2.05, 4.69) is 21.3 Å². The first-order valence-electron chi connectivity index (χ1n) is 21.3. The van der Waals surface area contributed by atoms with Gasteiger partial charge in [-0.15, -0.1) is 0 Å². The van der Waals surface area contributed by atoms with E-state index in [1.54, 1.807) is 29.2 Å². The molecule has 0 aromatic heterocycles. The summed E-state index contributed by atoms with van der Waals surface area (Å²) in [6.07, 6.45) is 4.08. The Kier molecular flexibility index (Phi) is 31.3. The molecule has 23 heteroatoms. The van der Waals surface area contributed by atoms with Crippen molar-refractivity contribution in [2.45, 2.75) is 109 Å². The van der Waals surface area contributed by atoms with Gasteiger partial charge in [-0.3, -0.25) is 24.1 Å². The maximum atomic E-state index is 12.5. The van der Waals surface area contributed by atoms with Gasteiger partial charge in [0.05, 0.1) is 6.54 Å². The van der Waals surface area contributed by atoms with Crippen molar-refractivity contribution in [3.8, 4) is 11.5 Å². The number of aromatic hydroxyl groups is 2. The fourth-order valence-corrected chi connectivity index (χ4v) is 6.33. The lowest BCUT2D eigenvalue weighted by Gasteiger charge is -2.25. The number of aryl methyl sites for hydroxylation is 2. The third-order valence-corrected chi connectivity index (χ3v) is 9.83. The summed E-state index contributed by atoms with van der Waals surface area (Å²) in [5.74, 6) is -5.12. The molecule has 2 aromatic rings. The number of carboxylic acid groups (broad SMARTS) is 4. The van der Waals surface area contributed by atoms with E-state index in [-0.39, 0.29) is 80.9 Å². The number of hydrogen-bond acceptors (Lipinski definition) is 15. The van der Waals surface area contributed by atoms with Crippen LogP contribution in [0.25, 0.3) is 0 Å². The number of urea groups is 1. The summed E-state index contributed by atoms with van der Waals surface area (Å²) >= 11 is 0. The topological polar surface area (TPSA) is 364 Å². The maximum absolute atomic E-state index is 12.5. The van der Waals surface area contributed by atoms with Crippen LogP contribution in [0.5, 0.6) is 11.5 Å². The van der Waals surface area contributed by atoms with Crippen LogP contribution in [-0.2, 0) is 73.9 Å². The molecule has 0 unspecified atom stereocenters. The molecular formula is C44H62N6O17. The fourth-order valence-electron chi connectivity index (χ4n) is 6.33. The van der Waals surface area contributed by atoms with E-state index >= 15 is 0 Å². The number of carbonyl (C=O) groups excluding carboxylic acids is 7. The van der Waals surface area contributed by atoms with Crippen molar-refractivity contribution in [2.75, 3.05) is 39.8 Å². The Morgan fingerprint density at radius 1 is 0.612 bits per heavy atom. The molecule has 67 heavy (non-hydrogen) atoms. The van der Waals surface area contributed by atoms with E-state index in [1.165, 1.54) is 0 Å². The van der Waals surface area contributed by atoms with Crippen LogP contribution in [0.1, 0.15) is 93.4 Å². The Balaban J connectivity index is 0.00000686. The summed E-state index contributed by atoms with van der Waals surface area (Å²) in [6, 6.07) is 6.70. The van der Waals surface area contributed by atoms with Gasteiger partial charge >= 0.3 is 42.2 Å². The molecule has 370 valence electrons. The quantitative estimate of drug-likeness (QED) is 0.0478. The van der Waals surface area contributed by atoms with Gasteiger partial charge in [0, 0.05) is 69.7 Å². The van der Waals surface area contributed by atoms with Crippen molar-refractivity contribution in [3.63, 3.8) is 0 Å². The highest BCUT2D eigenvalue weighted by molar-refractivity contribution is 5.86. The summed E-state index contributed by atoms with van der Waals surface area (Å²) in [6.45, 7) is 4.11. The highest BCUT2D eigenvalue weighted by atomic mass is 16.4. The van der Waals surface area contributed by atoms with Crippen molar-refractivity contribution < 1.29 is 83.4 Å². The number of rotatable bonds is 31. The summed E-state index contributed by atoms with van der Waals surface area (Å²) in [5.41, 5.74) is 3.26. The smallest absolute Gasteiger partial charge is 0.373 e. The van der Waals surface area contributed by atoms with Gasteiger partial charge in [0.2, 0.25) is 11.8 Å². The number of carbonyl (C=O) groups is 7. The molecule has 0 saturated heterocycles. The van der Waals surface area contributed by atoms with Gasteiger partial charge in [0.1, 0.15) is 23.6 Å². The number of amides is 4. The van der Waals surface area contributed by atoms with Crippen molar-refractivity contribution in [2.24, 2.45) is 0 Å². The number of phenolic OH excluding ortho intramolecular Hbond substituents is 2. The molecule has 0 aliphatic carbocycles. The predicted molar refractivity (Wildman–Crippen MR) is 233 cm³/mol. The Bertz CT molecular complexity index is 1960. The first-order valence-corrected chi connectivity index (χ1v) is 21.3. The molecule has 2 aromatic carbocycles. The predicted octanol–water partition coefficient (Wildman–Crippen LogP) is 1.48. The highest BCUT2D eigenvalue weighted by Crippen LogP contribution is 2.23. The molecule has 4 amide bonds. The molecule has 2 atom stereocenters. The number of nitrogens with one attached hydrogen (secondary N) is 4. The van der Waals surface area contributed by atoms with E-state index in [0.29, 0.717) is 70.3 Å². The van der Waals surface area contributed by atoms with Crippen LogP contribution in [-0.4, -0.2) is 146 Å². The Morgan fingerprint density at radius 3 is 1.66 bits per heavy atom. The highest BCUT2D eigenvalue weighted by Gasteiger charge is 2.25. The van der Waals surface area contributed by atoms with Crippen LogP contribution in [0, 0.1) is 0 Å². The number of unbranched alkanes of at least 4 members (excludes halogenated alkanes) is 3. The van der Waals surface area contributed by atoms with Crippen LogP contribution in [0.15, 0.2) is 36.4 Å². The number of hydrogen-bond donors (Lipinski definition) is 10. The van der Waals surface area contributed by atoms with Crippen molar-refractivity contribution in [1.29, 1.82) is 0 Å². The summed E-state index contributed by atoms with van der Waals surface area (Å²) in [4.78, 5) is 118. The second-order valence-corrected chi connectivity index (χ2v) is 15.1. The molecule has 0 heterocycles. The van der Waals surface area contributed by atoms with E-state index < -0.39 is 48.4 Å². The minimum absolute atomic E-state index is 0.0169. The largest absolute Gasteiger partial charge is 0.508 e. The van der Waals surface area contributed by atoms with E-state index in [9.17, 15) is 54.0 Å². The minimum atomic E-state index is -1.50. The average Bonchev–Trinajstić information content (AvgIpc) is 3.26. The molecular weight excluding hydrogens is 885 g/mol. The van der Waals surface area contributed by atoms with Gasteiger partial charge in [0.25, 0.3) is 0 Å². The van der Waals surface area contributed by atoms with Crippen LogP contribution in [0.3, 0.4) is 0 Å². The SMILES string of the molecule is CCc1ccc(O)c(CN(C)CCN(CC(=O)O)Cc2cc(CCC(=O)NCCCCCC(=O)NCCCC[C@H](NC(=O)N[C@@H](CCC(=O)O)C(=O)O)C(=O)O)ccc2O)c1.O=C=O.O=C=O. The second-order valence-electron chi connectivity index (χ2n) is 15.1. The standard InChI is InChI=1S/C42H62N6O13.2CO2/c1-3-28-11-15-34(49)30(23-28)25-47(2)21-22-48(27-39(55)56)26-31-24-29(12-16-35(31)50)13-17-37(52)44-19-7-4-5-10-36(51)43-20-8-6-9-32(40(57)58)45-42(61)46-33(41(59)60)14-18-38(53)54;2*2-1-3/h11-12,15-16,23-24,32-33,49-50H,3-10,13-14,17-22,25-27H2,1-2H3,(H,43,51)(H,44,52)(H,53,54)(H,55,56)(H,57,58)(H,59,60)(H2,45,46,61);;/t32-,33-;;/m0../s1. The minimum Gasteiger partial charge on any atom is -0.508 e. The first kappa shape index (κ1) is 59.8. The lowest BCUT2D eigenvalue weighted by molar-refractivity contribution is -0.193. The lowest BCUT2D eigenvalue weighted by Crippen LogP contribution is -2.51. The molecule has 0 fully saturated rings. The van der Waals surface area contributed by atoms with E-state index in [1.807, 2.05) is 31.0 Å². The van der Waals surface area contributed by atoms with Gasteiger partial charge in [-0.1, -0.05) is 37.6 Å². The van der Waals surface area contributed by atoms with Gasteiger partial charge in [0.15, 0.2) is 0 Å². The van der Waals surface area contributed by atoms with E-state index in [4.69, 9.17) is 29.4 Å². The summed E-state index contributed by atoms with van der Waals surface area (Å²) < 4.78 is 0. The fraction of sp³-hybridized carbons (Fsp3) is 0.523. The third kappa shape index (κ3) is 29.1. The molecule has 0 saturated carbocycles. The normalized spacial score (nSPS) is 11.2. The average molecular weight is 947 g/mol. The van der Waals surface area contributed by atoms with Crippen molar-refractivity contribution in [3.05, 3.63) is 58.7 Å². The monoisotopic (exact) mass is 946 g/mol. The van der Waals surface area contributed by atoms with Crippen LogP contribution < -0.4 is 21.3 Å². The van der Waals surface area contributed by atoms with Gasteiger partial charge < -0.3 is 56.8 Å². The Labute approximate surface area is 386 Å².